The molecule has 7 heteroatoms. The quantitative estimate of drug-likeness (QED) is 0.838. The van der Waals surface area contributed by atoms with Gasteiger partial charge in [0.1, 0.15) is 11.6 Å². The molecule has 1 aromatic heterocycles. The fourth-order valence-electron chi connectivity index (χ4n) is 1.01. The summed E-state index contributed by atoms with van der Waals surface area (Å²) in [4.78, 5) is 11.3. The van der Waals surface area contributed by atoms with Gasteiger partial charge in [-0.15, -0.1) is 0 Å². The number of aromatic nitrogens is 3. The molecule has 0 unspecified atom stereocenters. The Labute approximate surface area is 84.8 Å². The van der Waals surface area contributed by atoms with Crippen LogP contribution in [-0.2, 0) is 12.8 Å². The molecule has 0 atom stereocenters. The Morgan fingerprint density at radius 1 is 1.13 bits per heavy atom. The summed E-state index contributed by atoms with van der Waals surface area (Å²) < 4.78 is 35.8. The fourth-order valence-corrected chi connectivity index (χ4v) is 1.01. The molecule has 84 valence electrons. The van der Waals surface area contributed by atoms with Crippen LogP contribution in [0.3, 0.4) is 0 Å². The van der Waals surface area contributed by atoms with E-state index in [1.165, 1.54) is 0 Å². The lowest BCUT2D eigenvalue weighted by Gasteiger charge is -2.06. The van der Waals surface area contributed by atoms with Crippen molar-refractivity contribution in [3.63, 3.8) is 0 Å². The van der Waals surface area contributed by atoms with Crippen LogP contribution in [0, 0.1) is 0 Å². The molecule has 1 heterocycles. The number of rotatable bonds is 3. The zero-order valence-corrected chi connectivity index (χ0v) is 8.17. The van der Waals surface area contributed by atoms with Crippen LogP contribution in [0.1, 0.15) is 25.0 Å². The van der Waals surface area contributed by atoms with Crippen molar-refractivity contribution >= 4 is 5.95 Å². The summed E-state index contributed by atoms with van der Waals surface area (Å²) in [7, 11) is 0. The van der Waals surface area contributed by atoms with Crippen LogP contribution in [0.15, 0.2) is 0 Å². The molecule has 0 saturated heterocycles. The highest BCUT2D eigenvalue weighted by atomic mass is 19.4. The molecule has 0 fully saturated rings. The molecule has 4 nitrogen and oxygen atoms in total. The second-order valence-corrected chi connectivity index (χ2v) is 2.99. The van der Waals surface area contributed by atoms with Gasteiger partial charge in [-0.25, -0.2) is 4.98 Å². The van der Waals surface area contributed by atoms with Crippen molar-refractivity contribution in [1.82, 2.24) is 15.0 Å². The number of nitrogens with zero attached hydrogens (tertiary/aromatic N) is 3. The van der Waals surface area contributed by atoms with Crippen molar-refractivity contribution in [3.8, 4) is 0 Å². The lowest BCUT2D eigenvalue weighted by Crippen LogP contribution is -2.12. The Bertz CT molecular complexity index is 337. The number of hydrogen-bond donors (Lipinski definition) is 1. The van der Waals surface area contributed by atoms with E-state index in [1.807, 2.05) is 0 Å². The predicted molar refractivity (Wildman–Crippen MR) is 48.0 cm³/mol. The Balaban J connectivity index is 2.73. The van der Waals surface area contributed by atoms with E-state index in [0.29, 0.717) is 12.2 Å². The van der Waals surface area contributed by atoms with Gasteiger partial charge in [0.25, 0.3) is 0 Å². The molecule has 0 aliphatic heterocycles. The summed E-state index contributed by atoms with van der Waals surface area (Å²) in [5, 5.41) is 0. The van der Waals surface area contributed by atoms with Gasteiger partial charge in [0.05, 0.1) is 6.42 Å². The van der Waals surface area contributed by atoms with Gasteiger partial charge in [0, 0.05) is 12.8 Å². The molecule has 0 spiro atoms. The zero-order chi connectivity index (χ0) is 11.5. The highest BCUT2D eigenvalue weighted by Gasteiger charge is 2.27. The Kier molecular flexibility index (Phi) is 3.43. The smallest absolute Gasteiger partial charge is 0.368 e. The maximum Gasteiger partial charge on any atom is 0.389 e. The van der Waals surface area contributed by atoms with E-state index in [2.05, 4.69) is 15.0 Å². The molecular formula is C8H11F3N4. The fraction of sp³-hybridized carbons (Fsp3) is 0.625. The van der Waals surface area contributed by atoms with Crippen molar-refractivity contribution in [1.29, 1.82) is 0 Å². The first-order valence-corrected chi connectivity index (χ1v) is 4.47. The van der Waals surface area contributed by atoms with E-state index < -0.39 is 12.6 Å². The minimum atomic E-state index is -4.20. The number of aryl methyl sites for hydroxylation is 2. The molecule has 1 aromatic rings. The first kappa shape index (κ1) is 11.7. The SMILES string of the molecule is CCc1nc(N)nc(CCC(F)(F)F)n1. The lowest BCUT2D eigenvalue weighted by molar-refractivity contribution is -0.134. The first-order valence-electron chi connectivity index (χ1n) is 4.47. The summed E-state index contributed by atoms with van der Waals surface area (Å²) in [5.74, 6) is 0.482. The van der Waals surface area contributed by atoms with Gasteiger partial charge in [0.2, 0.25) is 5.95 Å². The maximum atomic E-state index is 11.9. The second kappa shape index (κ2) is 4.41. The highest BCUT2D eigenvalue weighted by Crippen LogP contribution is 2.21. The number of anilines is 1. The highest BCUT2D eigenvalue weighted by molar-refractivity contribution is 5.15. The molecule has 1 rings (SSSR count). The predicted octanol–water partition coefficient (Wildman–Crippen LogP) is 1.51. The third kappa shape index (κ3) is 4.09. The number of halogens is 3. The monoisotopic (exact) mass is 220 g/mol. The van der Waals surface area contributed by atoms with Gasteiger partial charge >= 0.3 is 6.18 Å². The molecular weight excluding hydrogens is 209 g/mol. The minimum absolute atomic E-state index is 0.0287. The molecule has 0 aliphatic rings. The van der Waals surface area contributed by atoms with Crippen LogP contribution >= 0.6 is 0 Å². The van der Waals surface area contributed by atoms with E-state index in [4.69, 9.17) is 5.73 Å². The van der Waals surface area contributed by atoms with Crippen molar-refractivity contribution in [2.24, 2.45) is 0 Å². The Hall–Kier alpha value is -1.40. The summed E-state index contributed by atoms with van der Waals surface area (Å²) in [5.41, 5.74) is 5.33. The number of nitrogen functional groups attached to an aromatic ring is 1. The summed E-state index contributed by atoms with van der Waals surface area (Å²) in [6, 6.07) is 0. The van der Waals surface area contributed by atoms with Crippen molar-refractivity contribution in [3.05, 3.63) is 11.6 Å². The zero-order valence-electron chi connectivity index (χ0n) is 8.17. The Morgan fingerprint density at radius 3 is 2.27 bits per heavy atom. The minimum Gasteiger partial charge on any atom is -0.368 e. The van der Waals surface area contributed by atoms with Crippen molar-refractivity contribution in [2.45, 2.75) is 32.4 Å². The van der Waals surface area contributed by atoms with Gasteiger partial charge in [-0.05, 0) is 0 Å². The average Bonchev–Trinajstić information content (AvgIpc) is 2.13. The van der Waals surface area contributed by atoms with Gasteiger partial charge in [-0.2, -0.15) is 23.1 Å². The molecule has 0 radical (unpaired) electrons. The van der Waals surface area contributed by atoms with Crippen LogP contribution in [0.2, 0.25) is 0 Å². The standard InChI is InChI=1S/C8H11F3N4/c1-2-5-13-6(15-7(12)14-5)3-4-8(9,10)11/h2-4H2,1H3,(H2,12,13,14,15). The molecule has 15 heavy (non-hydrogen) atoms. The van der Waals surface area contributed by atoms with E-state index >= 15 is 0 Å². The third-order valence-corrected chi connectivity index (χ3v) is 1.69. The van der Waals surface area contributed by atoms with E-state index in [1.54, 1.807) is 6.92 Å². The van der Waals surface area contributed by atoms with Crippen LogP contribution in [0.25, 0.3) is 0 Å². The lowest BCUT2D eigenvalue weighted by atomic mass is 10.3. The van der Waals surface area contributed by atoms with E-state index in [9.17, 15) is 13.2 Å². The molecule has 0 aromatic carbocycles. The largest absolute Gasteiger partial charge is 0.389 e. The van der Waals surface area contributed by atoms with Gasteiger partial charge in [-0.3, -0.25) is 0 Å². The third-order valence-electron chi connectivity index (χ3n) is 1.69. The first-order chi connectivity index (χ1) is 6.90. The van der Waals surface area contributed by atoms with Crippen LogP contribution in [-0.4, -0.2) is 21.1 Å². The Morgan fingerprint density at radius 2 is 1.73 bits per heavy atom. The topological polar surface area (TPSA) is 64.7 Å². The van der Waals surface area contributed by atoms with Crippen LogP contribution in [0.5, 0.6) is 0 Å². The number of hydrogen-bond acceptors (Lipinski definition) is 4. The summed E-state index contributed by atoms with van der Waals surface area (Å²) in [6.45, 7) is 1.79. The van der Waals surface area contributed by atoms with Crippen LogP contribution < -0.4 is 5.73 Å². The van der Waals surface area contributed by atoms with Crippen molar-refractivity contribution < 1.29 is 13.2 Å². The molecule has 0 aliphatic carbocycles. The maximum absolute atomic E-state index is 11.9. The average molecular weight is 220 g/mol. The second-order valence-electron chi connectivity index (χ2n) is 2.99. The van der Waals surface area contributed by atoms with Gasteiger partial charge < -0.3 is 5.73 Å². The van der Waals surface area contributed by atoms with Crippen LogP contribution in [0.4, 0.5) is 19.1 Å². The molecule has 0 saturated carbocycles. The molecule has 0 amide bonds. The van der Waals surface area contributed by atoms with E-state index in [0.717, 1.165) is 0 Å². The summed E-state index contributed by atoms with van der Waals surface area (Å²) >= 11 is 0. The molecule has 2 N–H and O–H groups in total. The van der Waals surface area contributed by atoms with Crippen molar-refractivity contribution in [2.75, 3.05) is 5.73 Å². The van der Waals surface area contributed by atoms with Gasteiger partial charge in [0.15, 0.2) is 0 Å². The summed E-state index contributed by atoms with van der Waals surface area (Å²) in [6.07, 6.45) is -4.89. The number of alkyl halides is 3. The number of nitrogens with two attached hydrogens (primary N) is 1. The van der Waals surface area contributed by atoms with E-state index in [-0.39, 0.29) is 18.2 Å². The normalized spacial score (nSPS) is 11.7. The van der Waals surface area contributed by atoms with Gasteiger partial charge in [-0.1, -0.05) is 6.92 Å². The molecule has 0 bridgehead atoms.